The summed E-state index contributed by atoms with van der Waals surface area (Å²) in [6.07, 6.45) is -0.881. The van der Waals surface area contributed by atoms with E-state index in [4.69, 9.17) is 30.8 Å². The Hall–Kier alpha value is -5.18. The molecule has 6 rings (SSSR count). The number of aromatic nitrogens is 5. The lowest BCUT2D eigenvalue weighted by atomic mass is 10.1. The van der Waals surface area contributed by atoms with Crippen LogP contribution in [0.25, 0.3) is 33.8 Å². The van der Waals surface area contributed by atoms with Crippen LogP contribution in [0.2, 0.25) is 0 Å². The van der Waals surface area contributed by atoms with Crippen LogP contribution >= 0.6 is 0 Å². The van der Waals surface area contributed by atoms with Crippen molar-refractivity contribution in [2.75, 3.05) is 23.3 Å². The number of ether oxygens (including phenoxy) is 1. The fourth-order valence-corrected chi connectivity index (χ4v) is 5.75. The smallest absolute Gasteiger partial charge is 0.440 e. The molecule has 2 aromatic carbocycles. The van der Waals surface area contributed by atoms with E-state index in [1.807, 2.05) is 30.3 Å². The highest BCUT2D eigenvalue weighted by atomic mass is 19.4. The van der Waals surface area contributed by atoms with E-state index < -0.39 is 18.4 Å². The van der Waals surface area contributed by atoms with Gasteiger partial charge in [-0.05, 0) is 40.9 Å². The summed E-state index contributed by atoms with van der Waals surface area (Å²) < 4.78 is 51.2. The molecule has 12 nitrogen and oxygen atoms in total. The number of nitrogens with two attached hydrogens (primary N) is 2. The van der Waals surface area contributed by atoms with Crippen LogP contribution in [0.4, 0.5) is 30.4 Å². The van der Waals surface area contributed by atoms with Crippen LogP contribution in [-0.2, 0) is 16.1 Å². The first-order valence-corrected chi connectivity index (χ1v) is 14.8. The van der Waals surface area contributed by atoms with Gasteiger partial charge < -0.3 is 26.1 Å². The van der Waals surface area contributed by atoms with E-state index in [2.05, 4.69) is 25.5 Å². The van der Waals surface area contributed by atoms with Crippen molar-refractivity contribution in [2.24, 2.45) is 0 Å². The molecular formula is C31H32F3N9O3. The Balaban J connectivity index is 1.34. The predicted octanol–water partition coefficient (Wildman–Crippen LogP) is 5.45. The Bertz CT molecular complexity index is 1820. The molecule has 1 fully saturated rings. The van der Waals surface area contributed by atoms with Crippen LogP contribution in [0.15, 0.2) is 65.4 Å². The highest BCUT2D eigenvalue weighted by molar-refractivity contribution is 5.99. The molecule has 0 aliphatic heterocycles. The number of alkyl halides is 3. The van der Waals surface area contributed by atoms with Crippen LogP contribution in [-0.4, -0.2) is 49.8 Å². The van der Waals surface area contributed by atoms with Crippen LogP contribution in [0.5, 0.6) is 0 Å². The number of pyridine rings is 1. The molecule has 6 N–H and O–H groups in total. The third kappa shape index (κ3) is 6.59. The van der Waals surface area contributed by atoms with Crippen LogP contribution < -0.4 is 22.1 Å². The van der Waals surface area contributed by atoms with Gasteiger partial charge in [0.1, 0.15) is 5.52 Å². The number of halogens is 3. The number of hydrogen-bond acceptors (Lipinski definition) is 11. The molecule has 5 aromatic rings. The second-order valence-corrected chi connectivity index (χ2v) is 11.1. The fourth-order valence-electron chi connectivity index (χ4n) is 5.75. The van der Waals surface area contributed by atoms with Crippen molar-refractivity contribution in [3.63, 3.8) is 0 Å². The van der Waals surface area contributed by atoms with E-state index in [9.17, 15) is 18.0 Å². The normalized spacial score (nSPS) is 14.5. The summed E-state index contributed by atoms with van der Waals surface area (Å²) in [6, 6.07) is 16.5. The molecule has 0 amide bonds. The molecule has 3 heterocycles. The highest BCUT2D eigenvalue weighted by Gasteiger charge is 2.42. The molecule has 15 heteroatoms. The first-order chi connectivity index (χ1) is 22.2. The molecule has 0 spiro atoms. The lowest BCUT2D eigenvalue weighted by Gasteiger charge is -2.22. The molecule has 1 aliphatic carbocycles. The number of hydrogen-bond donors (Lipinski definition) is 4. The van der Waals surface area contributed by atoms with Gasteiger partial charge in [0.05, 0.1) is 23.1 Å². The number of nitrogens with one attached hydrogen (secondary N) is 2. The average Bonchev–Trinajstić information content (AvgIpc) is 3.80. The first kappa shape index (κ1) is 30.8. The third-order valence-electron chi connectivity index (χ3n) is 7.86. The SMILES string of the molecule is Nc1cccc(CNC(CCNc2cnc(-c3ccccc3)c3nc(-c4nonc4N)n(C4CCCC4)c23)OC(=O)C(F)(F)F)c1. The third-order valence-corrected chi connectivity index (χ3v) is 7.86. The van der Waals surface area contributed by atoms with Crippen LogP contribution in [0.1, 0.15) is 43.7 Å². The van der Waals surface area contributed by atoms with E-state index in [1.54, 1.807) is 30.5 Å². The number of fused-ring (bicyclic) bond motifs is 1. The summed E-state index contributed by atoms with van der Waals surface area (Å²) in [5, 5.41) is 14.0. The number of nitrogen functional groups attached to an aromatic ring is 2. The minimum Gasteiger partial charge on any atom is -0.440 e. The van der Waals surface area contributed by atoms with Crippen molar-refractivity contribution >= 4 is 34.2 Å². The standard InChI is InChI=1S/C31H32F3N9O3/c32-31(33,34)30(44)45-23(38-16-18-7-6-10-20(35)15-18)13-14-37-22-17-39-24(19-8-2-1-3-9-19)25-27(22)43(21-11-4-5-12-21)29(40-25)26-28(36)42-46-41-26/h1-3,6-10,15,17,21,23,37-38H,4-5,11-14,16,35H2,(H2,36,42). The van der Waals surface area contributed by atoms with Gasteiger partial charge in [-0.3, -0.25) is 10.3 Å². The molecule has 0 saturated heterocycles. The minimum atomic E-state index is -5.14. The van der Waals surface area contributed by atoms with Crippen molar-refractivity contribution in [1.82, 2.24) is 30.2 Å². The van der Waals surface area contributed by atoms with Crippen molar-refractivity contribution in [2.45, 2.75) is 57.1 Å². The van der Waals surface area contributed by atoms with E-state index in [0.29, 0.717) is 34.1 Å². The van der Waals surface area contributed by atoms with E-state index in [-0.39, 0.29) is 31.4 Å². The maximum atomic E-state index is 13.1. The summed E-state index contributed by atoms with van der Waals surface area (Å²) in [5.74, 6) is -1.70. The van der Waals surface area contributed by atoms with Gasteiger partial charge in [0, 0.05) is 36.8 Å². The molecule has 46 heavy (non-hydrogen) atoms. The molecule has 1 atom stereocenters. The fraction of sp³-hybridized carbons (Fsp3) is 0.323. The van der Waals surface area contributed by atoms with Crippen molar-refractivity contribution in [3.05, 3.63) is 66.4 Å². The Morgan fingerprint density at radius 1 is 1.07 bits per heavy atom. The summed E-state index contributed by atoms with van der Waals surface area (Å²) in [7, 11) is 0. The summed E-state index contributed by atoms with van der Waals surface area (Å²) in [6.45, 7) is 0.253. The molecule has 1 saturated carbocycles. The summed E-state index contributed by atoms with van der Waals surface area (Å²) in [4.78, 5) is 21.5. The minimum absolute atomic E-state index is 0.00333. The molecular weight excluding hydrogens is 603 g/mol. The Labute approximate surface area is 261 Å². The van der Waals surface area contributed by atoms with Crippen molar-refractivity contribution < 1.29 is 27.3 Å². The van der Waals surface area contributed by atoms with E-state index in [0.717, 1.165) is 42.3 Å². The van der Waals surface area contributed by atoms with E-state index >= 15 is 0 Å². The molecule has 240 valence electrons. The second kappa shape index (κ2) is 13.0. The zero-order chi connectivity index (χ0) is 32.3. The summed E-state index contributed by atoms with van der Waals surface area (Å²) in [5.41, 5.74) is 16.9. The number of benzene rings is 2. The molecule has 0 bridgehead atoms. The maximum Gasteiger partial charge on any atom is 0.490 e. The monoisotopic (exact) mass is 635 g/mol. The number of carbonyl (C=O) groups excluding carboxylic acids is 1. The van der Waals surface area contributed by atoms with Gasteiger partial charge in [-0.15, -0.1) is 0 Å². The Morgan fingerprint density at radius 3 is 2.54 bits per heavy atom. The maximum absolute atomic E-state index is 13.1. The van der Waals surface area contributed by atoms with Gasteiger partial charge >= 0.3 is 12.1 Å². The topological polar surface area (TPSA) is 172 Å². The number of anilines is 3. The number of imidazole rings is 1. The quantitative estimate of drug-likeness (QED) is 0.0826. The number of rotatable bonds is 11. The summed E-state index contributed by atoms with van der Waals surface area (Å²) >= 11 is 0. The first-order valence-electron chi connectivity index (χ1n) is 14.8. The van der Waals surface area contributed by atoms with Crippen molar-refractivity contribution in [3.8, 4) is 22.8 Å². The highest BCUT2D eigenvalue weighted by Crippen LogP contribution is 2.41. The lowest BCUT2D eigenvalue weighted by Crippen LogP contribution is -2.39. The van der Waals surface area contributed by atoms with Gasteiger partial charge in [-0.25, -0.2) is 14.4 Å². The Morgan fingerprint density at radius 2 is 1.85 bits per heavy atom. The second-order valence-electron chi connectivity index (χ2n) is 11.1. The average molecular weight is 636 g/mol. The van der Waals surface area contributed by atoms with Gasteiger partial charge in [-0.2, -0.15) is 13.2 Å². The van der Waals surface area contributed by atoms with Gasteiger partial charge in [0.2, 0.25) is 0 Å². The van der Waals surface area contributed by atoms with Gasteiger partial charge in [0.25, 0.3) is 0 Å². The molecule has 1 unspecified atom stereocenters. The Kier molecular flexibility index (Phi) is 8.74. The number of carbonyl (C=O) groups is 1. The zero-order valence-electron chi connectivity index (χ0n) is 24.6. The predicted molar refractivity (Wildman–Crippen MR) is 165 cm³/mol. The molecule has 0 radical (unpaired) electrons. The number of nitrogens with zero attached hydrogens (tertiary/aromatic N) is 5. The van der Waals surface area contributed by atoms with Crippen molar-refractivity contribution in [1.29, 1.82) is 0 Å². The lowest BCUT2D eigenvalue weighted by molar-refractivity contribution is -0.206. The molecule has 3 aromatic heterocycles. The van der Waals surface area contributed by atoms with E-state index in [1.165, 1.54) is 0 Å². The van der Waals surface area contributed by atoms with Gasteiger partial charge in [-0.1, -0.05) is 55.3 Å². The van der Waals surface area contributed by atoms with Crippen LogP contribution in [0, 0.1) is 0 Å². The zero-order valence-corrected chi connectivity index (χ0v) is 24.6. The van der Waals surface area contributed by atoms with Gasteiger partial charge in [0.15, 0.2) is 23.6 Å². The van der Waals surface area contributed by atoms with Crippen LogP contribution in [0.3, 0.4) is 0 Å². The largest absolute Gasteiger partial charge is 0.490 e. The molecule has 1 aliphatic rings. The number of esters is 1.